The first-order chi connectivity index (χ1) is 13.0. The molecule has 0 aromatic heterocycles. The van der Waals surface area contributed by atoms with Gasteiger partial charge in [-0.25, -0.2) is 4.79 Å². The first-order valence-electron chi connectivity index (χ1n) is 10.1. The number of urea groups is 1. The highest BCUT2D eigenvalue weighted by Crippen LogP contribution is 2.26. The Labute approximate surface area is 170 Å². The van der Waals surface area contributed by atoms with Gasteiger partial charge in [-0.1, -0.05) is 27.7 Å². The number of nitrogens with one attached hydrogen (secondary N) is 2. The number of benzene rings is 1. The zero-order valence-corrected chi connectivity index (χ0v) is 18.8. The molecule has 1 rings (SSSR count). The van der Waals surface area contributed by atoms with Crippen molar-refractivity contribution in [1.29, 1.82) is 0 Å². The van der Waals surface area contributed by atoms with Crippen LogP contribution in [-0.2, 0) is 11.3 Å². The van der Waals surface area contributed by atoms with Crippen LogP contribution in [0.5, 0.6) is 0 Å². The normalized spacial score (nSPS) is 12.3. The second kappa shape index (κ2) is 10.3. The lowest BCUT2D eigenvalue weighted by atomic mass is 9.92. The van der Waals surface area contributed by atoms with E-state index in [-0.39, 0.29) is 23.4 Å². The second-order valence-electron chi connectivity index (χ2n) is 8.74. The lowest BCUT2D eigenvalue weighted by Gasteiger charge is -2.30. The maximum Gasteiger partial charge on any atom is 0.317 e. The average molecular weight is 391 g/mol. The van der Waals surface area contributed by atoms with Gasteiger partial charge < -0.3 is 20.4 Å². The van der Waals surface area contributed by atoms with Gasteiger partial charge in [0.25, 0.3) is 0 Å². The van der Waals surface area contributed by atoms with Crippen LogP contribution in [0.2, 0.25) is 0 Å². The SMILES string of the molecule is CCNC(=O)N(Cc1cc(NC(=O)CC(C)(C)C)ccc1N(C)C)C(C)CC. The minimum atomic E-state index is -0.0674. The summed E-state index contributed by atoms with van der Waals surface area (Å²) < 4.78 is 0. The van der Waals surface area contributed by atoms with Gasteiger partial charge >= 0.3 is 6.03 Å². The highest BCUT2D eigenvalue weighted by Gasteiger charge is 2.21. The van der Waals surface area contributed by atoms with E-state index in [1.165, 1.54) is 0 Å². The lowest BCUT2D eigenvalue weighted by molar-refractivity contribution is -0.117. The van der Waals surface area contributed by atoms with Crippen LogP contribution in [0, 0.1) is 5.41 Å². The van der Waals surface area contributed by atoms with Crippen LogP contribution in [0.4, 0.5) is 16.2 Å². The van der Waals surface area contributed by atoms with E-state index in [1.54, 1.807) is 0 Å². The average Bonchev–Trinajstić information content (AvgIpc) is 2.57. The number of carbonyl (C=O) groups excluding carboxylic acids is 2. The van der Waals surface area contributed by atoms with Crippen LogP contribution < -0.4 is 15.5 Å². The zero-order valence-electron chi connectivity index (χ0n) is 18.8. The van der Waals surface area contributed by atoms with Crippen molar-refractivity contribution in [2.75, 3.05) is 30.9 Å². The van der Waals surface area contributed by atoms with Gasteiger partial charge in [-0.3, -0.25) is 4.79 Å². The summed E-state index contributed by atoms with van der Waals surface area (Å²) in [5.41, 5.74) is 2.73. The van der Waals surface area contributed by atoms with Gasteiger partial charge in [-0.15, -0.1) is 0 Å². The third kappa shape index (κ3) is 7.41. The molecule has 6 nitrogen and oxygen atoms in total. The standard InChI is InChI=1S/C22H38N4O2/c1-9-16(3)26(21(28)23-10-2)15-17-13-18(11-12-19(17)25(7)8)24-20(27)14-22(4,5)6/h11-13,16H,9-10,14-15H2,1-8H3,(H,23,28)(H,24,27). The van der Waals surface area contributed by atoms with Crippen molar-refractivity contribution >= 4 is 23.3 Å². The molecule has 0 heterocycles. The summed E-state index contributed by atoms with van der Waals surface area (Å²) in [5.74, 6) is -0.00133. The molecule has 1 aromatic carbocycles. The van der Waals surface area contributed by atoms with E-state index in [2.05, 4.69) is 24.5 Å². The maximum atomic E-state index is 12.6. The summed E-state index contributed by atoms with van der Waals surface area (Å²) in [6.07, 6.45) is 1.33. The van der Waals surface area contributed by atoms with E-state index in [9.17, 15) is 9.59 Å². The largest absolute Gasteiger partial charge is 0.377 e. The number of anilines is 2. The lowest BCUT2D eigenvalue weighted by Crippen LogP contribution is -2.44. The van der Waals surface area contributed by atoms with Crippen molar-refractivity contribution in [2.24, 2.45) is 5.41 Å². The number of hydrogen-bond donors (Lipinski definition) is 2. The highest BCUT2D eigenvalue weighted by atomic mass is 16.2. The summed E-state index contributed by atoms with van der Waals surface area (Å²) in [6.45, 7) is 13.3. The van der Waals surface area contributed by atoms with E-state index >= 15 is 0 Å². The van der Waals surface area contributed by atoms with Crippen molar-refractivity contribution in [3.05, 3.63) is 23.8 Å². The number of amides is 3. The predicted molar refractivity (Wildman–Crippen MR) is 118 cm³/mol. The van der Waals surface area contributed by atoms with Crippen LogP contribution >= 0.6 is 0 Å². The molecule has 1 unspecified atom stereocenters. The molecule has 0 radical (unpaired) electrons. The fourth-order valence-electron chi connectivity index (χ4n) is 3.00. The molecule has 0 aliphatic heterocycles. The van der Waals surface area contributed by atoms with Crippen molar-refractivity contribution in [2.45, 2.75) is 67.0 Å². The molecular weight excluding hydrogens is 352 g/mol. The quantitative estimate of drug-likeness (QED) is 0.689. The second-order valence-corrected chi connectivity index (χ2v) is 8.74. The third-order valence-electron chi connectivity index (χ3n) is 4.59. The van der Waals surface area contributed by atoms with Gasteiger partial charge in [0.2, 0.25) is 5.91 Å². The fraction of sp³-hybridized carbons (Fsp3) is 0.636. The molecule has 0 bridgehead atoms. The van der Waals surface area contributed by atoms with Crippen LogP contribution in [-0.4, -0.2) is 43.5 Å². The van der Waals surface area contributed by atoms with Crippen molar-refractivity contribution in [3.63, 3.8) is 0 Å². The van der Waals surface area contributed by atoms with Crippen LogP contribution in [0.3, 0.4) is 0 Å². The fourth-order valence-corrected chi connectivity index (χ4v) is 3.00. The number of nitrogens with zero attached hydrogens (tertiary/aromatic N) is 2. The molecule has 0 aliphatic rings. The summed E-state index contributed by atoms with van der Waals surface area (Å²) in [7, 11) is 3.97. The third-order valence-corrected chi connectivity index (χ3v) is 4.59. The molecule has 158 valence electrons. The smallest absolute Gasteiger partial charge is 0.317 e. The Bertz CT molecular complexity index is 665. The summed E-state index contributed by atoms with van der Waals surface area (Å²) in [5, 5.41) is 5.91. The first kappa shape index (κ1) is 23.8. The van der Waals surface area contributed by atoms with Gasteiger partial charge in [0.05, 0.1) is 0 Å². The van der Waals surface area contributed by atoms with Gasteiger partial charge in [-0.2, -0.15) is 0 Å². The monoisotopic (exact) mass is 390 g/mol. The Kier molecular flexibility index (Phi) is 8.79. The first-order valence-corrected chi connectivity index (χ1v) is 10.1. The van der Waals surface area contributed by atoms with E-state index in [4.69, 9.17) is 0 Å². The van der Waals surface area contributed by atoms with Crippen LogP contribution in [0.1, 0.15) is 59.9 Å². The molecule has 28 heavy (non-hydrogen) atoms. The van der Waals surface area contributed by atoms with Gasteiger partial charge in [0, 0.05) is 51.0 Å². The molecular formula is C22H38N4O2. The van der Waals surface area contributed by atoms with Crippen molar-refractivity contribution in [3.8, 4) is 0 Å². The molecule has 1 atom stereocenters. The van der Waals surface area contributed by atoms with Crippen LogP contribution in [0.25, 0.3) is 0 Å². The minimum absolute atomic E-state index is 0.00133. The van der Waals surface area contributed by atoms with E-state index < -0.39 is 0 Å². The van der Waals surface area contributed by atoms with Gasteiger partial charge in [-0.05, 0) is 49.4 Å². The molecule has 6 heteroatoms. The number of carbonyl (C=O) groups is 2. The Balaban J connectivity index is 3.15. The molecule has 1 aromatic rings. The Morgan fingerprint density at radius 3 is 2.29 bits per heavy atom. The molecule has 0 saturated heterocycles. The molecule has 0 saturated carbocycles. The van der Waals surface area contributed by atoms with E-state index in [1.807, 2.05) is 69.8 Å². The minimum Gasteiger partial charge on any atom is -0.377 e. The number of hydrogen-bond acceptors (Lipinski definition) is 3. The molecule has 3 amide bonds. The van der Waals surface area contributed by atoms with E-state index in [0.717, 1.165) is 23.4 Å². The summed E-state index contributed by atoms with van der Waals surface area (Å²) in [6, 6.07) is 5.93. The van der Waals surface area contributed by atoms with Gasteiger partial charge in [0.15, 0.2) is 0 Å². The summed E-state index contributed by atoms with van der Waals surface area (Å²) in [4.78, 5) is 28.8. The Morgan fingerprint density at radius 1 is 1.14 bits per heavy atom. The maximum absolute atomic E-state index is 12.6. The molecule has 2 N–H and O–H groups in total. The van der Waals surface area contributed by atoms with Crippen molar-refractivity contribution in [1.82, 2.24) is 10.2 Å². The Morgan fingerprint density at radius 2 is 1.79 bits per heavy atom. The van der Waals surface area contributed by atoms with Crippen molar-refractivity contribution < 1.29 is 9.59 Å². The van der Waals surface area contributed by atoms with Gasteiger partial charge in [0.1, 0.15) is 0 Å². The zero-order chi connectivity index (χ0) is 21.5. The number of rotatable bonds is 8. The Hall–Kier alpha value is -2.24. The molecule has 0 spiro atoms. The predicted octanol–water partition coefficient (Wildman–Crippen LogP) is 4.46. The van der Waals surface area contributed by atoms with E-state index in [0.29, 0.717) is 19.5 Å². The molecule has 0 aliphatic carbocycles. The highest BCUT2D eigenvalue weighted by molar-refractivity contribution is 5.91. The summed E-state index contributed by atoms with van der Waals surface area (Å²) >= 11 is 0. The van der Waals surface area contributed by atoms with Crippen LogP contribution in [0.15, 0.2) is 18.2 Å². The topological polar surface area (TPSA) is 64.7 Å². The molecule has 0 fully saturated rings.